The molecular weight excluding hydrogens is 240 g/mol. The van der Waals surface area contributed by atoms with Crippen molar-refractivity contribution in [1.29, 1.82) is 0 Å². The van der Waals surface area contributed by atoms with Gasteiger partial charge in [-0.3, -0.25) is 14.4 Å². The van der Waals surface area contributed by atoms with Crippen LogP contribution < -0.4 is 0 Å². The molecule has 0 saturated heterocycles. The number of rotatable bonds is 2. The zero-order valence-electron chi connectivity index (χ0n) is 10.3. The Morgan fingerprint density at radius 3 is 2.53 bits per heavy atom. The van der Waals surface area contributed by atoms with Crippen LogP contribution in [-0.4, -0.2) is 17.9 Å². The lowest BCUT2D eigenvalue weighted by molar-refractivity contribution is 0.0992. The van der Waals surface area contributed by atoms with Crippen LogP contribution in [0.4, 0.5) is 0 Å². The first kappa shape index (κ1) is 11.5. The normalized spacial score (nSPS) is 11.9. The van der Waals surface area contributed by atoms with Crippen molar-refractivity contribution in [2.24, 2.45) is 0 Å². The summed E-state index contributed by atoms with van der Waals surface area (Å²) in [7, 11) is 0. The van der Waals surface area contributed by atoms with E-state index >= 15 is 0 Å². The molecule has 0 aliphatic heterocycles. The van der Waals surface area contributed by atoms with Gasteiger partial charge in [-0.2, -0.15) is 0 Å². The first-order chi connectivity index (χ1) is 9.13. The van der Waals surface area contributed by atoms with Crippen LogP contribution in [0.1, 0.15) is 43.6 Å². The van der Waals surface area contributed by atoms with Gasteiger partial charge in [-0.1, -0.05) is 30.3 Å². The van der Waals surface area contributed by atoms with E-state index in [1.807, 2.05) is 6.07 Å². The van der Waals surface area contributed by atoms with E-state index in [1.165, 1.54) is 6.92 Å². The topological polar surface area (TPSA) is 51.2 Å². The van der Waals surface area contributed by atoms with Crippen LogP contribution in [0.5, 0.6) is 0 Å². The second-order valence-corrected chi connectivity index (χ2v) is 4.54. The fourth-order valence-corrected chi connectivity index (χ4v) is 2.51. The van der Waals surface area contributed by atoms with Gasteiger partial charge in [0.2, 0.25) is 0 Å². The zero-order chi connectivity index (χ0) is 13.6. The average Bonchev–Trinajstić information content (AvgIpc) is 2.72. The van der Waals surface area contributed by atoms with Crippen molar-refractivity contribution >= 4 is 17.9 Å². The van der Waals surface area contributed by atoms with E-state index in [0.29, 0.717) is 28.5 Å². The van der Waals surface area contributed by atoms with Gasteiger partial charge >= 0.3 is 0 Å². The smallest absolute Gasteiger partial charge is 0.195 e. The number of fused-ring (bicyclic) bond motifs is 3. The number of aldehydes is 1. The Morgan fingerprint density at radius 2 is 1.84 bits per heavy atom. The molecule has 0 saturated carbocycles. The van der Waals surface area contributed by atoms with Crippen LogP contribution in [0.25, 0.3) is 11.1 Å². The second-order valence-electron chi connectivity index (χ2n) is 4.54. The van der Waals surface area contributed by atoms with E-state index in [1.54, 1.807) is 30.3 Å². The molecular formula is C16H10O3. The molecule has 3 rings (SSSR count). The molecule has 0 spiro atoms. The maximum absolute atomic E-state index is 12.4. The number of Topliss-reactive ketones (excluding diaryl/α,β-unsaturated/α-hetero) is 1. The molecule has 0 bridgehead atoms. The third-order valence-electron chi connectivity index (χ3n) is 3.39. The van der Waals surface area contributed by atoms with Gasteiger partial charge in [-0.25, -0.2) is 0 Å². The number of carbonyl (C=O) groups excluding carboxylic acids is 3. The minimum atomic E-state index is -0.181. The molecule has 0 N–H and O–H groups in total. The Hall–Kier alpha value is -2.55. The van der Waals surface area contributed by atoms with Crippen LogP contribution in [0.15, 0.2) is 36.4 Å². The molecule has 0 fully saturated rings. The minimum Gasteiger partial charge on any atom is -0.298 e. The van der Waals surface area contributed by atoms with Gasteiger partial charge in [0.25, 0.3) is 0 Å². The largest absolute Gasteiger partial charge is 0.298 e. The van der Waals surface area contributed by atoms with Crippen molar-refractivity contribution in [2.75, 3.05) is 0 Å². The Labute approximate surface area is 109 Å². The fourth-order valence-electron chi connectivity index (χ4n) is 2.51. The van der Waals surface area contributed by atoms with Crippen LogP contribution >= 0.6 is 0 Å². The monoisotopic (exact) mass is 250 g/mol. The molecule has 2 aromatic carbocycles. The SMILES string of the molecule is CC(=O)c1cccc2c1C(=O)c1cc(C=O)ccc1-2. The maximum atomic E-state index is 12.4. The van der Waals surface area contributed by atoms with Crippen LogP contribution in [0.2, 0.25) is 0 Å². The van der Waals surface area contributed by atoms with Gasteiger partial charge in [0.15, 0.2) is 11.6 Å². The van der Waals surface area contributed by atoms with Crippen molar-refractivity contribution in [3.8, 4) is 11.1 Å². The molecule has 1 aliphatic rings. The standard InChI is InChI=1S/C16H10O3/c1-9(18)11-3-2-4-13-12-6-5-10(8-17)7-14(12)16(19)15(11)13/h2-8H,1H3. The van der Waals surface area contributed by atoms with Crippen molar-refractivity contribution in [1.82, 2.24) is 0 Å². The van der Waals surface area contributed by atoms with E-state index in [0.717, 1.165) is 11.1 Å². The predicted octanol–water partition coefficient (Wildman–Crippen LogP) is 2.91. The van der Waals surface area contributed by atoms with E-state index in [2.05, 4.69) is 0 Å². The number of ketones is 2. The molecule has 0 heterocycles. The lowest BCUT2D eigenvalue weighted by Gasteiger charge is -2.03. The predicted molar refractivity (Wildman–Crippen MR) is 70.7 cm³/mol. The average molecular weight is 250 g/mol. The van der Waals surface area contributed by atoms with Gasteiger partial charge in [0.1, 0.15) is 6.29 Å². The molecule has 0 atom stereocenters. The third kappa shape index (κ3) is 1.55. The molecule has 1 aliphatic carbocycles. The molecule has 2 aromatic rings. The molecule has 0 amide bonds. The summed E-state index contributed by atoms with van der Waals surface area (Å²) < 4.78 is 0. The Morgan fingerprint density at radius 1 is 1.05 bits per heavy atom. The first-order valence-corrected chi connectivity index (χ1v) is 5.91. The summed E-state index contributed by atoms with van der Waals surface area (Å²) >= 11 is 0. The highest BCUT2D eigenvalue weighted by atomic mass is 16.1. The highest BCUT2D eigenvalue weighted by Crippen LogP contribution is 2.38. The molecule has 0 radical (unpaired) electrons. The summed E-state index contributed by atoms with van der Waals surface area (Å²) in [5, 5.41) is 0. The number of carbonyl (C=O) groups is 3. The minimum absolute atomic E-state index is 0.131. The van der Waals surface area contributed by atoms with E-state index < -0.39 is 0 Å². The number of hydrogen-bond acceptors (Lipinski definition) is 3. The Bertz CT molecular complexity index is 742. The highest BCUT2D eigenvalue weighted by Gasteiger charge is 2.30. The maximum Gasteiger partial charge on any atom is 0.195 e. The molecule has 19 heavy (non-hydrogen) atoms. The summed E-state index contributed by atoms with van der Waals surface area (Å²) in [6.07, 6.45) is 0.711. The van der Waals surface area contributed by atoms with E-state index in [4.69, 9.17) is 0 Å². The molecule has 0 aromatic heterocycles. The van der Waals surface area contributed by atoms with Crippen molar-refractivity contribution < 1.29 is 14.4 Å². The van der Waals surface area contributed by atoms with E-state index in [9.17, 15) is 14.4 Å². The third-order valence-corrected chi connectivity index (χ3v) is 3.39. The van der Waals surface area contributed by atoms with Gasteiger partial charge in [0.05, 0.1) is 0 Å². The van der Waals surface area contributed by atoms with Crippen LogP contribution in [-0.2, 0) is 0 Å². The number of benzene rings is 2. The number of hydrogen-bond donors (Lipinski definition) is 0. The molecule has 3 heteroatoms. The lowest BCUT2D eigenvalue weighted by Crippen LogP contribution is -2.04. The van der Waals surface area contributed by atoms with Crippen molar-refractivity contribution in [3.05, 3.63) is 58.7 Å². The van der Waals surface area contributed by atoms with Gasteiger partial charge in [0, 0.05) is 22.3 Å². The summed E-state index contributed by atoms with van der Waals surface area (Å²) in [6, 6.07) is 10.3. The Kier molecular flexibility index (Phi) is 2.42. The summed E-state index contributed by atoms with van der Waals surface area (Å²) in [6.45, 7) is 1.45. The van der Waals surface area contributed by atoms with Crippen LogP contribution in [0.3, 0.4) is 0 Å². The fraction of sp³-hybridized carbons (Fsp3) is 0.0625. The Balaban J connectivity index is 2.32. The van der Waals surface area contributed by atoms with Gasteiger partial charge < -0.3 is 0 Å². The zero-order valence-corrected chi connectivity index (χ0v) is 10.3. The van der Waals surface area contributed by atoms with Gasteiger partial charge in [-0.15, -0.1) is 0 Å². The lowest BCUT2D eigenvalue weighted by atomic mass is 9.99. The quantitative estimate of drug-likeness (QED) is 0.519. The summed E-state index contributed by atoms with van der Waals surface area (Å²) in [5.41, 5.74) is 3.40. The summed E-state index contributed by atoms with van der Waals surface area (Å²) in [4.78, 5) is 34.8. The first-order valence-electron chi connectivity index (χ1n) is 5.91. The van der Waals surface area contributed by atoms with Crippen molar-refractivity contribution in [2.45, 2.75) is 6.92 Å². The highest BCUT2D eigenvalue weighted by molar-refractivity contribution is 6.26. The molecule has 92 valence electrons. The van der Waals surface area contributed by atoms with E-state index in [-0.39, 0.29) is 11.6 Å². The van der Waals surface area contributed by atoms with Gasteiger partial charge in [-0.05, 0) is 24.1 Å². The second kappa shape index (κ2) is 3.99. The van der Waals surface area contributed by atoms with Crippen molar-refractivity contribution in [3.63, 3.8) is 0 Å². The molecule has 0 unspecified atom stereocenters. The molecule has 3 nitrogen and oxygen atoms in total. The summed E-state index contributed by atoms with van der Waals surface area (Å²) in [5.74, 6) is -0.312. The van der Waals surface area contributed by atoms with Crippen LogP contribution in [0, 0.1) is 0 Å².